The van der Waals surface area contributed by atoms with Gasteiger partial charge in [-0.2, -0.15) is 0 Å². The molecule has 27 heavy (non-hydrogen) atoms. The second-order valence-electron chi connectivity index (χ2n) is 8.98. The highest BCUT2D eigenvalue weighted by Gasteiger charge is 2.57. The molecule has 150 valence electrons. The monoisotopic (exact) mass is 374 g/mol. The van der Waals surface area contributed by atoms with E-state index in [2.05, 4.69) is 33.8 Å². The summed E-state index contributed by atoms with van der Waals surface area (Å²) >= 11 is 0. The van der Waals surface area contributed by atoms with Gasteiger partial charge in [-0.1, -0.05) is 27.2 Å². The Morgan fingerprint density at radius 3 is 2.41 bits per heavy atom. The minimum absolute atomic E-state index is 0.0772. The van der Waals surface area contributed by atoms with E-state index in [1.165, 1.54) is 23.8 Å². The zero-order valence-electron chi connectivity index (χ0n) is 17.9. The molecule has 0 radical (unpaired) electrons. The van der Waals surface area contributed by atoms with Crippen molar-refractivity contribution in [3.8, 4) is 11.5 Å². The molecule has 0 saturated heterocycles. The summed E-state index contributed by atoms with van der Waals surface area (Å²) in [4.78, 5) is 12.7. The third-order valence-electron chi connectivity index (χ3n) is 7.25. The van der Waals surface area contributed by atoms with Crippen molar-refractivity contribution < 1.29 is 19.0 Å². The van der Waals surface area contributed by atoms with Gasteiger partial charge in [0.05, 0.1) is 26.7 Å². The second kappa shape index (κ2) is 7.03. The van der Waals surface area contributed by atoms with E-state index < -0.39 is 5.41 Å². The number of esters is 1. The molecule has 1 aromatic carbocycles. The van der Waals surface area contributed by atoms with Gasteiger partial charge in [-0.05, 0) is 50.5 Å². The number of methoxy groups -OCH3 is 3. The van der Waals surface area contributed by atoms with Crippen LogP contribution in [0.5, 0.6) is 11.5 Å². The first-order chi connectivity index (χ1) is 12.7. The highest BCUT2D eigenvalue weighted by Crippen LogP contribution is 2.61. The lowest BCUT2D eigenvalue weighted by Gasteiger charge is -2.54. The Morgan fingerprint density at radius 2 is 1.85 bits per heavy atom. The van der Waals surface area contributed by atoms with Gasteiger partial charge in [0.2, 0.25) is 0 Å². The largest absolute Gasteiger partial charge is 0.496 e. The fourth-order valence-electron chi connectivity index (χ4n) is 5.99. The van der Waals surface area contributed by atoms with Gasteiger partial charge in [0.25, 0.3) is 0 Å². The van der Waals surface area contributed by atoms with Crippen LogP contribution < -0.4 is 9.47 Å². The zero-order valence-corrected chi connectivity index (χ0v) is 17.9. The van der Waals surface area contributed by atoms with Crippen molar-refractivity contribution in [1.82, 2.24) is 0 Å². The first kappa shape index (κ1) is 20.0. The van der Waals surface area contributed by atoms with Crippen LogP contribution in [-0.2, 0) is 21.4 Å². The molecule has 4 nitrogen and oxygen atoms in total. The molecule has 3 atom stereocenters. The predicted octanol–water partition coefficient (Wildman–Crippen LogP) is 5.01. The van der Waals surface area contributed by atoms with Crippen LogP contribution >= 0.6 is 0 Å². The number of hydrogen-bond acceptors (Lipinski definition) is 4. The molecule has 0 aliphatic heterocycles. The molecule has 2 aliphatic carbocycles. The molecular formula is C23H34O4. The summed E-state index contributed by atoms with van der Waals surface area (Å²) in [5.41, 5.74) is 3.14. The number of fused-ring (bicyclic) bond motifs is 3. The van der Waals surface area contributed by atoms with E-state index in [4.69, 9.17) is 14.2 Å². The molecule has 3 unspecified atom stereocenters. The second-order valence-corrected chi connectivity index (χ2v) is 8.98. The van der Waals surface area contributed by atoms with E-state index in [0.29, 0.717) is 5.92 Å². The lowest BCUT2D eigenvalue weighted by atomic mass is 9.49. The Balaban J connectivity index is 2.24. The van der Waals surface area contributed by atoms with Gasteiger partial charge >= 0.3 is 5.97 Å². The van der Waals surface area contributed by atoms with Crippen LogP contribution in [0.1, 0.15) is 76.0 Å². The van der Waals surface area contributed by atoms with E-state index >= 15 is 0 Å². The lowest BCUT2D eigenvalue weighted by molar-refractivity contribution is -0.161. The fraction of sp³-hybridized carbons (Fsp3) is 0.696. The van der Waals surface area contributed by atoms with Crippen LogP contribution in [0.3, 0.4) is 0 Å². The Labute approximate surface area is 163 Å². The van der Waals surface area contributed by atoms with Crippen molar-refractivity contribution >= 4 is 5.97 Å². The van der Waals surface area contributed by atoms with Crippen molar-refractivity contribution in [3.63, 3.8) is 0 Å². The van der Waals surface area contributed by atoms with Gasteiger partial charge in [-0.25, -0.2) is 0 Å². The first-order valence-electron chi connectivity index (χ1n) is 10.1. The molecule has 3 rings (SSSR count). The molecule has 0 amide bonds. The van der Waals surface area contributed by atoms with Crippen LogP contribution in [-0.4, -0.2) is 27.3 Å². The number of benzene rings is 1. The predicted molar refractivity (Wildman–Crippen MR) is 107 cm³/mol. The minimum atomic E-state index is -0.450. The van der Waals surface area contributed by atoms with Gasteiger partial charge in [0.15, 0.2) is 0 Å². The van der Waals surface area contributed by atoms with Crippen LogP contribution in [0, 0.1) is 11.3 Å². The van der Waals surface area contributed by atoms with E-state index in [1.54, 1.807) is 14.2 Å². The third kappa shape index (κ3) is 2.83. The van der Waals surface area contributed by atoms with Crippen LogP contribution in [0.15, 0.2) is 6.07 Å². The van der Waals surface area contributed by atoms with Gasteiger partial charge in [-0.3, -0.25) is 4.79 Å². The van der Waals surface area contributed by atoms with Crippen molar-refractivity contribution in [3.05, 3.63) is 22.8 Å². The summed E-state index contributed by atoms with van der Waals surface area (Å²) in [7, 11) is 5.03. The minimum Gasteiger partial charge on any atom is -0.496 e. The van der Waals surface area contributed by atoms with Crippen LogP contribution in [0.4, 0.5) is 0 Å². The molecule has 0 aromatic heterocycles. The molecule has 0 spiro atoms. The van der Waals surface area contributed by atoms with Crippen LogP contribution in [0.2, 0.25) is 0 Å². The number of carbonyl (C=O) groups is 1. The summed E-state index contributed by atoms with van der Waals surface area (Å²) in [6, 6.07) is 2.15. The number of ether oxygens (including phenoxy) is 3. The zero-order chi connectivity index (χ0) is 20.0. The topological polar surface area (TPSA) is 44.8 Å². The van der Waals surface area contributed by atoms with Gasteiger partial charge in [-0.15, -0.1) is 0 Å². The summed E-state index contributed by atoms with van der Waals surface area (Å²) < 4.78 is 17.0. The van der Waals surface area contributed by atoms with Crippen molar-refractivity contribution in [1.29, 1.82) is 0 Å². The average Bonchev–Trinajstić information content (AvgIpc) is 2.65. The maximum absolute atomic E-state index is 12.7. The molecule has 0 bridgehead atoms. The van der Waals surface area contributed by atoms with Gasteiger partial charge < -0.3 is 14.2 Å². The molecule has 0 heterocycles. The SMILES string of the molecule is COC(=O)C1(C)CCCC2(C)c3c(OC)cc(C(C)C)c(OC)c3CCC12. The average molecular weight is 375 g/mol. The standard InChI is InChI=1S/C23H34O4/c1-14(2)16-13-17(25-5)19-15(20(16)26-6)9-10-18-22(19,3)11-8-12-23(18,4)21(24)27-7/h13-14,18H,8-12H2,1-7H3. The quantitative estimate of drug-likeness (QED) is 0.695. The first-order valence-corrected chi connectivity index (χ1v) is 10.1. The maximum atomic E-state index is 12.7. The Morgan fingerprint density at radius 1 is 1.15 bits per heavy atom. The normalized spacial score (nSPS) is 29.7. The molecule has 1 fully saturated rings. The van der Waals surface area contributed by atoms with Gasteiger partial charge in [0, 0.05) is 22.1 Å². The van der Waals surface area contributed by atoms with Crippen molar-refractivity contribution in [2.75, 3.05) is 21.3 Å². The molecule has 1 aromatic rings. The van der Waals surface area contributed by atoms with E-state index in [9.17, 15) is 4.79 Å². The summed E-state index contributed by atoms with van der Waals surface area (Å²) in [5, 5.41) is 0. The van der Waals surface area contributed by atoms with E-state index in [-0.39, 0.29) is 17.3 Å². The van der Waals surface area contributed by atoms with Crippen molar-refractivity contribution in [2.24, 2.45) is 11.3 Å². The fourth-order valence-corrected chi connectivity index (χ4v) is 5.99. The molecule has 0 N–H and O–H groups in total. The Bertz CT molecular complexity index is 738. The Kier molecular flexibility index (Phi) is 5.22. The number of hydrogen-bond donors (Lipinski definition) is 0. The maximum Gasteiger partial charge on any atom is 0.311 e. The van der Waals surface area contributed by atoms with Crippen molar-refractivity contribution in [2.45, 2.75) is 71.1 Å². The highest BCUT2D eigenvalue weighted by molar-refractivity contribution is 5.77. The Hall–Kier alpha value is -1.71. The summed E-state index contributed by atoms with van der Waals surface area (Å²) in [6.07, 6.45) is 4.82. The van der Waals surface area contributed by atoms with Gasteiger partial charge in [0.1, 0.15) is 11.5 Å². The summed E-state index contributed by atoms with van der Waals surface area (Å²) in [6.45, 7) is 8.78. The number of carbonyl (C=O) groups excluding carboxylic acids is 1. The molecular weight excluding hydrogens is 340 g/mol. The number of rotatable bonds is 4. The lowest BCUT2D eigenvalue weighted by Crippen LogP contribution is -2.52. The molecule has 4 heteroatoms. The smallest absolute Gasteiger partial charge is 0.311 e. The summed E-state index contributed by atoms with van der Waals surface area (Å²) in [5.74, 6) is 2.46. The molecule has 2 aliphatic rings. The van der Waals surface area contributed by atoms with E-state index in [1.807, 2.05) is 0 Å². The molecule has 1 saturated carbocycles. The van der Waals surface area contributed by atoms with E-state index in [0.717, 1.165) is 43.6 Å². The van der Waals surface area contributed by atoms with Crippen LogP contribution in [0.25, 0.3) is 0 Å². The highest BCUT2D eigenvalue weighted by atomic mass is 16.5. The third-order valence-corrected chi connectivity index (χ3v) is 7.25.